The second-order valence-electron chi connectivity index (χ2n) is 6.35. The second-order valence-corrected chi connectivity index (χ2v) is 6.35. The normalized spacial score (nSPS) is 18.6. The third kappa shape index (κ3) is 2.51. The van der Waals surface area contributed by atoms with Crippen LogP contribution in [0.15, 0.2) is 59.5 Å². The van der Waals surface area contributed by atoms with Gasteiger partial charge in [-0.3, -0.25) is 0 Å². The fourth-order valence-corrected chi connectivity index (χ4v) is 3.70. The van der Waals surface area contributed by atoms with E-state index in [1.165, 1.54) is 12.1 Å². The Kier molecular flexibility index (Phi) is 3.89. The van der Waals surface area contributed by atoms with E-state index in [1.54, 1.807) is 19.2 Å². The highest BCUT2D eigenvalue weighted by Gasteiger charge is 2.35. The van der Waals surface area contributed by atoms with Crippen molar-refractivity contribution in [1.82, 2.24) is 0 Å². The van der Waals surface area contributed by atoms with Gasteiger partial charge in [-0.15, -0.1) is 0 Å². The van der Waals surface area contributed by atoms with Gasteiger partial charge in [-0.2, -0.15) is 5.26 Å². The van der Waals surface area contributed by atoms with E-state index in [1.807, 2.05) is 18.2 Å². The van der Waals surface area contributed by atoms with Crippen molar-refractivity contribution in [1.29, 1.82) is 5.26 Å². The predicted octanol–water partition coefficient (Wildman–Crippen LogP) is 4.00. The van der Waals surface area contributed by atoms with E-state index in [-0.39, 0.29) is 17.6 Å². The van der Waals surface area contributed by atoms with Crippen LogP contribution in [-0.2, 0) is 11.2 Å². The number of nitriles is 1. The monoisotopic (exact) mass is 348 g/mol. The molecule has 0 spiro atoms. The number of nitrogens with two attached hydrogens (primary N) is 1. The number of rotatable bonds is 2. The Bertz CT molecular complexity index is 984. The maximum atomic E-state index is 13.4. The maximum absolute atomic E-state index is 13.4. The molecule has 1 aliphatic heterocycles. The van der Waals surface area contributed by atoms with Crippen LogP contribution in [0, 0.1) is 17.1 Å². The number of hydrogen-bond acceptors (Lipinski definition) is 4. The first-order chi connectivity index (χ1) is 12.6. The van der Waals surface area contributed by atoms with Gasteiger partial charge in [-0.25, -0.2) is 4.39 Å². The molecule has 0 aromatic heterocycles. The van der Waals surface area contributed by atoms with Gasteiger partial charge in [-0.05, 0) is 59.9 Å². The molecule has 130 valence electrons. The lowest BCUT2D eigenvalue weighted by Crippen LogP contribution is -2.23. The van der Waals surface area contributed by atoms with E-state index >= 15 is 0 Å². The zero-order valence-electron chi connectivity index (χ0n) is 14.3. The molecule has 2 aromatic carbocycles. The van der Waals surface area contributed by atoms with Crippen molar-refractivity contribution in [3.63, 3.8) is 0 Å². The number of ether oxygens (including phenoxy) is 2. The molecule has 0 radical (unpaired) electrons. The van der Waals surface area contributed by atoms with E-state index in [0.29, 0.717) is 11.3 Å². The summed E-state index contributed by atoms with van der Waals surface area (Å²) in [5.74, 6) is 0.954. The molecular weight excluding hydrogens is 331 g/mol. The Hall–Kier alpha value is -3.26. The molecule has 1 unspecified atom stereocenters. The lowest BCUT2D eigenvalue weighted by molar-refractivity contribution is 0.349. The zero-order valence-corrected chi connectivity index (χ0v) is 14.3. The quantitative estimate of drug-likeness (QED) is 0.891. The first-order valence-corrected chi connectivity index (χ1v) is 8.35. The summed E-state index contributed by atoms with van der Waals surface area (Å²) in [6.45, 7) is 0. The molecule has 2 aromatic rings. The van der Waals surface area contributed by atoms with Crippen LogP contribution in [0.2, 0.25) is 0 Å². The molecule has 0 fully saturated rings. The van der Waals surface area contributed by atoms with Gasteiger partial charge >= 0.3 is 0 Å². The van der Waals surface area contributed by atoms with E-state index in [2.05, 4.69) is 6.07 Å². The SMILES string of the molecule is COc1ccc2c(c1)CCC1=C2OC(N)=C(C#N)C1c1ccc(F)cc1. The van der Waals surface area contributed by atoms with E-state index in [0.717, 1.165) is 40.9 Å². The summed E-state index contributed by atoms with van der Waals surface area (Å²) in [6, 6.07) is 14.2. The Labute approximate surface area is 151 Å². The average molecular weight is 348 g/mol. The minimum atomic E-state index is -0.320. The molecule has 1 atom stereocenters. The molecule has 2 aliphatic rings. The molecule has 0 saturated heterocycles. The van der Waals surface area contributed by atoms with Crippen molar-refractivity contribution in [2.45, 2.75) is 18.8 Å². The Morgan fingerprint density at radius 2 is 1.96 bits per heavy atom. The van der Waals surface area contributed by atoms with Crippen LogP contribution < -0.4 is 10.5 Å². The molecule has 0 bridgehead atoms. The largest absolute Gasteiger partial charge is 0.497 e. The highest BCUT2D eigenvalue weighted by molar-refractivity contribution is 5.74. The van der Waals surface area contributed by atoms with Crippen LogP contribution in [0.1, 0.15) is 29.0 Å². The lowest BCUT2D eigenvalue weighted by atomic mass is 9.76. The fourth-order valence-electron chi connectivity index (χ4n) is 3.70. The third-order valence-electron chi connectivity index (χ3n) is 4.95. The van der Waals surface area contributed by atoms with Crippen molar-refractivity contribution in [2.75, 3.05) is 7.11 Å². The van der Waals surface area contributed by atoms with Gasteiger partial charge in [-0.1, -0.05) is 12.1 Å². The number of allylic oxidation sites excluding steroid dienone is 2. The van der Waals surface area contributed by atoms with Gasteiger partial charge in [0.25, 0.3) is 0 Å². The van der Waals surface area contributed by atoms with Gasteiger partial charge in [0, 0.05) is 11.5 Å². The van der Waals surface area contributed by atoms with Crippen LogP contribution >= 0.6 is 0 Å². The fraction of sp³-hybridized carbons (Fsp3) is 0.190. The van der Waals surface area contributed by atoms with E-state index < -0.39 is 0 Å². The number of fused-ring (bicyclic) bond motifs is 2. The lowest BCUT2D eigenvalue weighted by Gasteiger charge is -2.33. The number of halogens is 1. The van der Waals surface area contributed by atoms with E-state index in [4.69, 9.17) is 15.2 Å². The Morgan fingerprint density at radius 3 is 2.65 bits per heavy atom. The van der Waals surface area contributed by atoms with Crippen LogP contribution in [0.4, 0.5) is 4.39 Å². The summed E-state index contributed by atoms with van der Waals surface area (Å²) in [7, 11) is 1.64. The summed E-state index contributed by atoms with van der Waals surface area (Å²) >= 11 is 0. The predicted molar refractivity (Wildman–Crippen MR) is 95.3 cm³/mol. The number of hydrogen-bond donors (Lipinski definition) is 1. The molecule has 0 amide bonds. The van der Waals surface area contributed by atoms with Crippen molar-refractivity contribution in [3.8, 4) is 11.8 Å². The molecule has 0 saturated carbocycles. The molecule has 26 heavy (non-hydrogen) atoms. The molecule has 4 rings (SSSR count). The number of benzene rings is 2. The summed E-state index contributed by atoms with van der Waals surface area (Å²) in [5, 5.41) is 9.62. The van der Waals surface area contributed by atoms with E-state index in [9.17, 15) is 9.65 Å². The average Bonchev–Trinajstić information content (AvgIpc) is 2.67. The van der Waals surface area contributed by atoms with Crippen molar-refractivity contribution >= 4 is 5.76 Å². The van der Waals surface area contributed by atoms with Gasteiger partial charge in [0.1, 0.15) is 29.0 Å². The van der Waals surface area contributed by atoms with Crippen LogP contribution in [0.25, 0.3) is 5.76 Å². The third-order valence-corrected chi connectivity index (χ3v) is 4.95. The summed E-state index contributed by atoms with van der Waals surface area (Å²) in [6.07, 6.45) is 1.54. The summed E-state index contributed by atoms with van der Waals surface area (Å²) < 4.78 is 24.5. The van der Waals surface area contributed by atoms with Crippen molar-refractivity contribution in [3.05, 3.63) is 82.0 Å². The highest BCUT2D eigenvalue weighted by Crippen LogP contribution is 2.47. The number of aryl methyl sites for hydroxylation is 1. The van der Waals surface area contributed by atoms with Crippen LogP contribution in [0.3, 0.4) is 0 Å². The molecule has 2 N–H and O–H groups in total. The van der Waals surface area contributed by atoms with Gasteiger partial charge in [0.2, 0.25) is 5.88 Å². The minimum Gasteiger partial charge on any atom is -0.497 e. The molecular formula is C21H17FN2O2. The number of nitrogens with zero attached hydrogens (tertiary/aromatic N) is 1. The molecule has 4 nitrogen and oxygen atoms in total. The van der Waals surface area contributed by atoms with Gasteiger partial charge < -0.3 is 15.2 Å². The minimum absolute atomic E-state index is 0.101. The first kappa shape index (κ1) is 16.2. The van der Waals surface area contributed by atoms with Gasteiger partial charge in [0.05, 0.1) is 7.11 Å². The Balaban J connectivity index is 1.88. The Morgan fingerprint density at radius 1 is 1.19 bits per heavy atom. The highest BCUT2D eigenvalue weighted by atomic mass is 19.1. The topological polar surface area (TPSA) is 68.3 Å². The number of methoxy groups -OCH3 is 1. The van der Waals surface area contributed by atoms with Crippen LogP contribution in [0.5, 0.6) is 5.75 Å². The maximum Gasteiger partial charge on any atom is 0.205 e. The van der Waals surface area contributed by atoms with Gasteiger partial charge in [0.15, 0.2) is 0 Å². The van der Waals surface area contributed by atoms with Crippen molar-refractivity contribution < 1.29 is 13.9 Å². The standard InChI is InChI=1S/C21H17FN2O2/c1-25-15-7-9-16-13(10-15)4-8-17-19(12-2-5-14(22)6-3-12)18(11-23)21(24)26-20(16)17/h2-3,5-7,9-10,19H,4,8,24H2,1H3. The summed E-state index contributed by atoms with van der Waals surface area (Å²) in [5.41, 5.74) is 10.3. The first-order valence-electron chi connectivity index (χ1n) is 8.35. The second kappa shape index (κ2) is 6.23. The smallest absolute Gasteiger partial charge is 0.205 e. The zero-order chi connectivity index (χ0) is 18.3. The van der Waals surface area contributed by atoms with Crippen LogP contribution in [-0.4, -0.2) is 7.11 Å². The molecule has 5 heteroatoms. The summed E-state index contributed by atoms with van der Waals surface area (Å²) in [4.78, 5) is 0. The van der Waals surface area contributed by atoms with Crippen molar-refractivity contribution in [2.24, 2.45) is 5.73 Å². The molecule has 1 aliphatic carbocycles. The molecule has 1 heterocycles.